The van der Waals surface area contributed by atoms with Crippen molar-refractivity contribution < 1.29 is 0 Å². The van der Waals surface area contributed by atoms with Crippen LogP contribution in [0, 0.1) is 6.92 Å². The van der Waals surface area contributed by atoms with Gasteiger partial charge in [0.25, 0.3) is 0 Å². The average molecular weight is 221 g/mol. The highest BCUT2D eigenvalue weighted by Gasteiger charge is 2.04. The number of nitrogens with two attached hydrogens (primary N) is 2. The lowest BCUT2D eigenvalue weighted by Gasteiger charge is -2.09. The van der Waals surface area contributed by atoms with Gasteiger partial charge in [0.15, 0.2) is 0 Å². The molecule has 4 N–H and O–H groups in total. The van der Waals surface area contributed by atoms with Crippen molar-refractivity contribution in [3.05, 3.63) is 34.3 Å². The summed E-state index contributed by atoms with van der Waals surface area (Å²) in [5.41, 5.74) is 13.3. The molecule has 0 saturated carbocycles. The van der Waals surface area contributed by atoms with E-state index in [4.69, 9.17) is 23.1 Å². The number of rotatable bonds is 2. The van der Waals surface area contributed by atoms with Gasteiger partial charge in [-0.1, -0.05) is 23.7 Å². The van der Waals surface area contributed by atoms with Gasteiger partial charge in [0.05, 0.1) is 0 Å². The van der Waals surface area contributed by atoms with Gasteiger partial charge >= 0.3 is 0 Å². The molecule has 0 heterocycles. The van der Waals surface area contributed by atoms with Crippen LogP contribution in [0.25, 0.3) is 0 Å². The van der Waals surface area contributed by atoms with Crippen LogP contribution in [0.3, 0.4) is 0 Å². The number of hydrogen-bond donors (Lipinski definition) is 2. The van der Waals surface area contributed by atoms with Crippen molar-refractivity contribution in [3.8, 4) is 0 Å². The molecule has 0 aliphatic carbocycles. The van der Waals surface area contributed by atoms with Crippen molar-refractivity contribution >= 4 is 24.0 Å². The molecular formula is C9H14Cl2N2. The first kappa shape index (κ1) is 12.7. The fraction of sp³-hybridized carbons (Fsp3) is 0.333. The largest absolute Gasteiger partial charge is 0.329 e. The van der Waals surface area contributed by atoms with Gasteiger partial charge in [-0.25, -0.2) is 0 Å². The molecule has 0 unspecified atom stereocenters. The Morgan fingerprint density at radius 1 is 1.46 bits per heavy atom. The highest BCUT2D eigenvalue weighted by molar-refractivity contribution is 6.31. The fourth-order valence-corrected chi connectivity index (χ4v) is 1.15. The Balaban J connectivity index is 0.00000144. The predicted octanol–water partition coefficient (Wildman–Crippen LogP) is 2.03. The van der Waals surface area contributed by atoms with Gasteiger partial charge in [0.2, 0.25) is 0 Å². The zero-order valence-electron chi connectivity index (χ0n) is 7.46. The molecule has 4 heteroatoms. The van der Waals surface area contributed by atoms with Crippen LogP contribution >= 0.6 is 24.0 Å². The molecule has 0 spiro atoms. The van der Waals surface area contributed by atoms with Crippen LogP contribution in [0.4, 0.5) is 0 Å². The van der Waals surface area contributed by atoms with Crippen molar-refractivity contribution in [2.45, 2.75) is 13.0 Å². The van der Waals surface area contributed by atoms with Gasteiger partial charge < -0.3 is 11.5 Å². The van der Waals surface area contributed by atoms with Gasteiger partial charge in [0.1, 0.15) is 0 Å². The number of aryl methyl sites for hydroxylation is 1. The molecule has 0 amide bonds. The van der Waals surface area contributed by atoms with E-state index in [-0.39, 0.29) is 18.4 Å². The normalized spacial score (nSPS) is 12.0. The minimum absolute atomic E-state index is 0. The van der Waals surface area contributed by atoms with Gasteiger partial charge in [-0.3, -0.25) is 0 Å². The fourth-order valence-electron chi connectivity index (χ4n) is 1.03. The van der Waals surface area contributed by atoms with Crippen molar-refractivity contribution in [3.63, 3.8) is 0 Å². The topological polar surface area (TPSA) is 52.0 Å². The van der Waals surface area contributed by atoms with Crippen LogP contribution in [0.5, 0.6) is 0 Å². The van der Waals surface area contributed by atoms with E-state index in [2.05, 4.69) is 0 Å². The van der Waals surface area contributed by atoms with Crippen molar-refractivity contribution in [2.24, 2.45) is 11.5 Å². The maximum atomic E-state index is 5.86. The van der Waals surface area contributed by atoms with E-state index >= 15 is 0 Å². The molecule has 0 radical (unpaired) electrons. The van der Waals surface area contributed by atoms with E-state index in [9.17, 15) is 0 Å². The summed E-state index contributed by atoms with van der Waals surface area (Å²) in [5, 5.41) is 0.767. The van der Waals surface area contributed by atoms with Gasteiger partial charge in [-0.15, -0.1) is 12.4 Å². The van der Waals surface area contributed by atoms with Crippen LogP contribution in [0.15, 0.2) is 18.2 Å². The summed E-state index contributed by atoms with van der Waals surface area (Å²) in [7, 11) is 0. The van der Waals surface area contributed by atoms with Crippen LogP contribution in [-0.4, -0.2) is 6.54 Å². The van der Waals surface area contributed by atoms with Gasteiger partial charge in [0, 0.05) is 17.6 Å². The number of hydrogen-bond acceptors (Lipinski definition) is 2. The van der Waals surface area contributed by atoms with E-state index in [1.807, 2.05) is 25.1 Å². The van der Waals surface area contributed by atoms with Gasteiger partial charge in [-0.2, -0.15) is 0 Å². The molecule has 0 aliphatic rings. The van der Waals surface area contributed by atoms with Crippen molar-refractivity contribution in [1.82, 2.24) is 0 Å². The minimum Gasteiger partial charge on any atom is -0.329 e. The minimum atomic E-state index is -0.0824. The highest BCUT2D eigenvalue weighted by atomic mass is 35.5. The van der Waals surface area contributed by atoms with E-state index < -0.39 is 0 Å². The lowest BCUT2D eigenvalue weighted by Crippen LogP contribution is -2.20. The van der Waals surface area contributed by atoms with Gasteiger partial charge in [-0.05, 0) is 24.1 Å². The first-order valence-electron chi connectivity index (χ1n) is 3.87. The summed E-state index contributed by atoms with van der Waals surface area (Å²) >= 11 is 5.86. The molecule has 74 valence electrons. The molecule has 1 aromatic rings. The Morgan fingerprint density at radius 2 is 2.08 bits per heavy atom. The predicted molar refractivity (Wildman–Crippen MR) is 59.4 cm³/mol. The van der Waals surface area contributed by atoms with E-state index in [0.29, 0.717) is 6.54 Å². The molecule has 1 atom stereocenters. The van der Waals surface area contributed by atoms with Crippen LogP contribution in [-0.2, 0) is 0 Å². The summed E-state index contributed by atoms with van der Waals surface area (Å²) < 4.78 is 0. The Labute approximate surface area is 89.7 Å². The standard InChI is InChI=1S/C9H13ClN2.ClH/c1-6-4-7(9(12)5-11)2-3-8(6)10;/h2-4,9H,5,11-12H2,1H3;1H/t9-;/m0./s1. The summed E-state index contributed by atoms with van der Waals surface area (Å²) in [6.45, 7) is 2.41. The Morgan fingerprint density at radius 3 is 2.54 bits per heavy atom. The lowest BCUT2D eigenvalue weighted by molar-refractivity contribution is 0.736. The van der Waals surface area contributed by atoms with Crippen LogP contribution < -0.4 is 11.5 Å². The molecule has 1 rings (SSSR count). The Bertz CT molecular complexity index is 276. The molecule has 0 aliphatic heterocycles. The first-order valence-corrected chi connectivity index (χ1v) is 4.24. The molecule has 13 heavy (non-hydrogen) atoms. The van der Waals surface area contributed by atoms with Crippen LogP contribution in [0.1, 0.15) is 17.2 Å². The zero-order valence-corrected chi connectivity index (χ0v) is 9.03. The molecule has 1 aromatic carbocycles. The average Bonchev–Trinajstić information content (AvgIpc) is 2.08. The van der Waals surface area contributed by atoms with E-state index in [1.165, 1.54) is 0 Å². The molecule has 0 fully saturated rings. The summed E-state index contributed by atoms with van der Waals surface area (Å²) in [6.07, 6.45) is 0. The molecule has 2 nitrogen and oxygen atoms in total. The summed E-state index contributed by atoms with van der Waals surface area (Å²) in [6, 6.07) is 5.65. The Kier molecular flexibility index (Phi) is 5.33. The highest BCUT2D eigenvalue weighted by Crippen LogP contribution is 2.18. The molecule has 0 bridgehead atoms. The third kappa shape index (κ3) is 3.16. The maximum absolute atomic E-state index is 5.86. The Hall–Kier alpha value is -0.280. The van der Waals surface area contributed by atoms with Crippen molar-refractivity contribution in [2.75, 3.05) is 6.54 Å². The summed E-state index contributed by atoms with van der Waals surface area (Å²) in [5.74, 6) is 0. The summed E-state index contributed by atoms with van der Waals surface area (Å²) in [4.78, 5) is 0. The zero-order chi connectivity index (χ0) is 9.14. The molecule has 0 aromatic heterocycles. The number of halogens is 2. The second-order valence-corrected chi connectivity index (χ2v) is 3.26. The quantitative estimate of drug-likeness (QED) is 0.802. The monoisotopic (exact) mass is 220 g/mol. The lowest BCUT2D eigenvalue weighted by atomic mass is 10.1. The second kappa shape index (κ2) is 5.45. The second-order valence-electron chi connectivity index (χ2n) is 2.85. The third-order valence-corrected chi connectivity index (χ3v) is 2.29. The van der Waals surface area contributed by atoms with E-state index in [0.717, 1.165) is 16.1 Å². The molecule has 0 saturated heterocycles. The van der Waals surface area contributed by atoms with Crippen LogP contribution in [0.2, 0.25) is 5.02 Å². The van der Waals surface area contributed by atoms with Crippen molar-refractivity contribution in [1.29, 1.82) is 0 Å². The number of benzene rings is 1. The maximum Gasteiger partial charge on any atom is 0.0435 e. The smallest absolute Gasteiger partial charge is 0.0435 e. The van der Waals surface area contributed by atoms with E-state index in [1.54, 1.807) is 0 Å². The SMILES string of the molecule is Cc1cc([C@@H](N)CN)ccc1Cl.Cl. The molecular weight excluding hydrogens is 207 g/mol. The third-order valence-electron chi connectivity index (χ3n) is 1.86. The first-order chi connectivity index (χ1) is 5.65.